The van der Waals surface area contributed by atoms with Gasteiger partial charge in [0.15, 0.2) is 0 Å². The monoisotopic (exact) mass is 427 g/mol. The average Bonchev–Trinajstić information content (AvgIpc) is 2.67. The van der Waals surface area contributed by atoms with Crippen LogP contribution in [0.15, 0.2) is 24.4 Å². The van der Waals surface area contributed by atoms with Gasteiger partial charge in [-0.15, -0.1) is 12.4 Å². The number of halogens is 3. The third-order valence-electron chi connectivity index (χ3n) is 4.79. The molecule has 28 heavy (non-hydrogen) atoms. The SMILES string of the molecule is CNc1nc(N[C@H]2CC[C@@H](NC(=O)c3ccc(F)c(Cl)c3)CC2)ncc1C.Cl. The maximum atomic E-state index is 13.2. The van der Waals surface area contributed by atoms with Crippen LogP contribution in [0.5, 0.6) is 0 Å². The van der Waals surface area contributed by atoms with Gasteiger partial charge in [0, 0.05) is 36.5 Å². The van der Waals surface area contributed by atoms with Crippen LogP contribution < -0.4 is 16.0 Å². The van der Waals surface area contributed by atoms with Gasteiger partial charge in [-0.05, 0) is 50.8 Å². The van der Waals surface area contributed by atoms with E-state index < -0.39 is 5.82 Å². The Labute approximate surface area is 175 Å². The molecule has 0 bridgehead atoms. The highest BCUT2D eigenvalue weighted by molar-refractivity contribution is 6.31. The van der Waals surface area contributed by atoms with E-state index in [0.717, 1.165) is 37.1 Å². The molecule has 6 nitrogen and oxygen atoms in total. The first-order chi connectivity index (χ1) is 13.0. The average molecular weight is 428 g/mol. The van der Waals surface area contributed by atoms with Crippen molar-refractivity contribution in [1.29, 1.82) is 0 Å². The van der Waals surface area contributed by atoms with E-state index in [0.29, 0.717) is 11.5 Å². The Kier molecular flexibility index (Phi) is 7.83. The van der Waals surface area contributed by atoms with Crippen LogP contribution in [0.2, 0.25) is 5.02 Å². The first-order valence-corrected chi connectivity index (χ1v) is 9.38. The second-order valence-electron chi connectivity index (χ2n) is 6.77. The van der Waals surface area contributed by atoms with Crippen LogP contribution in [0.4, 0.5) is 16.2 Å². The van der Waals surface area contributed by atoms with Crippen LogP contribution in [0.3, 0.4) is 0 Å². The smallest absolute Gasteiger partial charge is 0.251 e. The minimum Gasteiger partial charge on any atom is -0.373 e. The molecule has 0 atom stereocenters. The zero-order valence-electron chi connectivity index (χ0n) is 15.8. The van der Waals surface area contributed by atoms with E-state index in [-0.39, 0.29) is 35.4 Å². The summed E-state index contributed by atoms with van der Waals surface area (Å²) in [6.07, 6.45) is 5.30. The van der Waals surface area contributed by atoms with Gasteiger partial charge >= 0.3 is 0 Å². The van der Waals surface area contributed by atoms with Gasteiger partial charge in [-0.1, -0.05) is 11.6 Å². The van der Waals surface area contributed by atoms with E-state index >= 15 is 0 Å². The molecule has 1 aromatic heterocycles. The van der Waals surface area contributed by atoms with Crippen molar-refractivity contribution in [2.45, 2.75) is 44.7 Å². The number of nitrogens with zero attached hydrogens (tertiary/aromatic N) is 2. The van der Waals surface area contributed by atoms with Gasteiger partial charge in [0.1, 0.15) is 11.6 Å². The highest BCUT2D eigenvalue weighted by Crippen LogP contribution is 2.23. The lowest BCUT2D eigenvalue weighted by Crippen LogP contribution is -2.40. The fraction of sp³-hybridized carbons (Fsp3) is 0.421. The molecule has 1 aromatic carbocycles. The highest BCUT2D eigenvalue weighted by atomic mass is 35.5. The molecule has 0 aliphatic heterocycles. The molecule has 3 rings (SSSR count). The van der Waals surface area contributed by atoms with E-state index in [1.807, 2.05) is 14.0 Å². The van der Waals surface area contributed by atoms with Crippen LogP contribution in [-0.2, 0) is 0 Å². The van der Waals surface area contributed by atoms with Crippen molar-refractivity contribution in [2.24, 2.45) is 0 Å². The molecule has 1 fully saturated rings. The van der Waals surface area contributed by atoms with Crippen molar-refractivity contribution < 1.29 is 9.18 Å². The van der Waals surface area contributed by atoms with Gasteiger partial charge in [0.05, 0.1) is 5.02 Å². The molecule has 2 aromatic rings. The minimum atomic E-state index is -0.528. The number of aryl methyl sites for hydroxylation is 1. The zero-order valence-corrected chi connectivity index (χ0v) is 17.3. The Hall–Kier alpha value is -2.12. The number of carbonyl (C=O) groups excluding carboxylic acids is 1. The van der Waals surface area contributed by atoms with Gasteiger partial charge in [0.2, 0.25) is 5.95 Å². The van der Waals surface area contributed by atoms with Crippen LogP contribution in [-0.4, -0.2) is 35.0 Å². The van der Waals surface area contributed by atoms with E-state index in [1.54, 1.807) is 6.20 Å². The second-order valence-corrected chi connectivity index (χ2v) is 7.18. The Morgan fingerprint density at radius 1 is 1.21 bits per heavy atom. The lowest BCUT2D eigenvalue weighted by molar-refractivity contribution is 0.0926. The largest absolute Gasteiger partial charge is 0.373 e. The van der Waals surface area contributed by atoms with Crippen LogP contribution in [0, 0.1) is 12.7 Å². The number of benzene rings is 1. The molecule has 9 heteroatoms. The van der Waals surface area contributed by atoms with Crippen LogP contribution >= 0.6 is 24.0 Å². The third kappa shape index (κ3) is 5.45. The number of nitrogens with one attached hydrogen (secondary N) is 3. The molecule has 0 unspecified atom stereocenters. The minimum absolute atomic E-state index is 0. The topological polar surface area (TPSA) is 78.9 Å². The molecule has 152 valence electrons. The van der Waals surface area contributed by atoms with E-state index in [4.69, 9.17) is 11.6 Å². The molecule has 1 saturated carbocycles. The summed E-state index contributed by atoms with van der Waals surface area (Å²) >= 11 is 5.75. The Morgan fingerprint density at radius 2 is 1.89 bits per heavy atom. The Morgan fingerprint density at radius 3 is 2.54 bits per heavy atom. The molecule has 1 aliphatic carbocycles. The van der Waals surface area contributed by atoms with Gasteiger partial charge < -0.3 is 16.0 Å². The van der Waals surface area contributed by atoms with Crippen molar-refractivity contribution in [3.05, 3.63) is 46.4 Å². The van der Waals surface area contributed by atoms with Gasteiger partial charge in [-0.2, -0.15) is 4.98 Å². The van der Waals surface area contributed by atoms with E-state index in [9.17, 15) is 9.18 Å². The lowest BCUT2D eigenvalue weighted by Gasteiger charge is -2.29. The summed E-state index contributed by atoms with van der Waals surface area (Å²) in [6.45, 7) is 1.96. The number of aromatic nitrogens is 2. The van der Waals surface area contributed by atoms with Crippen LogP contribution in [0.25, 0.3) is 0 Å². The molecule has 0 saturated heterocycles. The molecule has 3 N–H and O–H groups in total. The summed E-state index contributed by atoms with van der Waals surface area (Å²) in [5.74, 6) is 0.665. The number of carbonyl (C=O) groups is 1. The number of rotatable bonds is 5. The molecule has 0 spiro atoms. The normalized spacial score (nSPS) is 18.7. The van der Waals surface area contributed by atoms with Gasteiger partial charge in [-0.25, -0.2) is 9.37 Å². The zero-order chi connectivity index (χ0) is 19.4. The van der Waals surface area contributed by atoms with Crippen molar-refractivity contribution >= 4 is 41.7 Å². The molecule has 0 radical (unpaired) electrons. The summed E-state index contributed by atoms with van der Waals surface area (Å²) < 4.78 is 13.2. The summed E-state index contributed by atoms with van der Waals surface area (Å²) in [7, 11) is 1.83. The lowest BCUT2D eigenvalue weighted by atomic mass is 9.91. The third-order valence-corrected chi connectivity index (χ3v) is 5.08. The number of hydrogen-bond acceptors (Lipinski definition) is 5. The number of hydrogen-bond donors (Lipinski definition) is 3. The van der Waals surface area contributed by atoms with Crippen molar-refractivity contribution in [1.82, 2.24) is 15.3 Å². The highest BCUT2D eigenvalue weighted by Gasteiger charge is 2.23. The maximum absolute atomic E-state index is 13.2. The fourth-order valence-electron chi connectivity index (χ4n) is 3.24. The summed E-state index contributed by atoms with van der Waals surface area (Å²) in [4.78, 5) is 21.1. The molecule has 1 heterocycles. The quantitative estimate of drug-likeness (QED) is 0.666. The summed E-state index contributed by atoms with van der Waals surface area (Å²) in [6, 6.07) is 4.36. The molecule has 1 aliphatic rings. The summed E-state index contributed by atoms with van der Waals surface area (Å²) in [5, 5.41) is 9.38. The molecule has 1 amide bonds. The number of anilines is 2. The standard InChI is InChI=1S/C19H23ClFN5O.ClH/c1-11-10-23-19(26-17(11)22-2)25-14-6-4-13(5-7-14)24-18(27)12-3-8-16(21)15(20)9-12;/h3,8-10,13-14H,4-7H2,1-2H3,(H,24,27)(H2,22,23,25,26);1H/t13-,14+;. The first kappa shape index (κ1) is 22.2. The second kappa shape index (κ2) is 9.89. The van der Waals surface area contributed by atoms with Crippen molar-refractivity contribution in [2.75, 3.05) is 17.7 Å². The predicted octanol–water partition coefficient (Wildman–Crippen LogP) is 4.19. The molecular weight excluding hydrogens is 404 g/mol. The van der Waals surface area contributed by atoms with Gasteiger partial charge in [0.25, 0.3) is 5.91 Å². The maximum Gasteiger partial charge on any atom is 0.251 e. The molecular formula is C19H24Cl2FN5O. The predicted molar refractivity (Wildman–Crippen MR) is 112 cm³/mol. The van der Waals surface area contributed by atoms with Gasteiger partial charge in [-0.3, -0.25) is 4.79 Å². The van der Waals surface area contributed by atoms with Crippen LogP contribution in [0.1, 0.15) is 41.6 Å². The van der Waals surface area contributed by atoms with Crippen molar-refractivity contribution in [3.8, 4) is 0 Å². The van der Waals surface area contributed by atoms with E-state index in [1.165, 1.54) is 18.2 Å². The number of amides is 1. The first-order valence-electron chi connectivity index (χ1n) is 9.00. The fourth-order valence-corrected chi connectivity index (χ4v) is 3.42. The van der Waals surface area contributed by atoms with E-state index in [2.05, 4.69) is 25.9 Å². The van der Waals surface area contributed by atoms with Crippen molar-refractivity contribution in [3.63, 3.8) is 0 Å². The Balaban J connectivity index is 0.00000280. The summed E-state index contributed by atoms with van der Waals surface area (Å²) in [5.41, 5.74) is 1.37. The Bertz CT molecular complexity index is 828.